The average Bonchev–Trinajstić information content (AvgIpc) is 3.01. The highest BCUT2D eigenvalue weighted by atomic mass is 16.3. The number of aryl methyl sites for hydroxylation is 1. The molecule has 1 fully saturated rings. The van der Waals surface area contributed by atoms with Crippen LogP contribution in [0.25, 0.3) is 11.0 Å². The molecule has 0 radical (unpaired) electrons. The zero-order chi connectivity index (χ0) is 15.9. The van der Waals surface area contributed by atoms with E-state index in [1.807, 2.05) is 6.92 Å². The maximum absolute atomic E-state index is 12.4. The van der Waals surface area contributed by atoms with Gasteiger partial charge in [-0.3, -0.25) is 9.36 Å². The normalized spacial score (nSPS) is 24.8. The van der Waals surface area contributed by atoms with E-state index in [4.69, 9.17) is 0 Å². The van der Waals surface area contributed by atoms with E-state index in [-0.39, 0.29) is 29.7 Å². The number of fused-ring (bicyclic) bond motifs is 1. The molecule has 0 saturated heterocycles. The van der Waals surface area contributed by atoms with Crippen LogP contribution in [0.1, 0.15) is 36.5 Å². The average molecular weight is 303 g/mol. The minimum absolute atomic E-state index is 0.0180. The van der Waals surface area contributed by atoms with Crippen LogP contribution in [0.5, 0.6) is 0 Å². The smallest absolute Gasteiger partial charge is 0.326 e. The number of nitrogens with zero attached hydrogens (tertiary/aromatic N) is 1. The summed E-state index contributed by atoms with van der Waals surface area (Å²) >= 11 is 0. The third kappa shape index (κ3) is 2.33. The van der Waals surface area contributed by atoms with Gasteiger partial charge in [-0.25, -0.2) is 4.79 Å². The highest BCUT2D eigenvalue weighted by Gasteiger charge is 2.39. The largest absolute Gasteiger partial charge is 0.396 e. The first-order valence-corrected chi connectivity index (χ1v) is 7.55. The predicted octanol–water partition coefficient (Wildman–Crippen LogP) is 1.15. The minimum atomic E-state index is -0.249. The van der Waals surface area contributed by atoms with Crippen molar-refractivity contribution in [2.24, 2.45) is 12.5 Å². The Labute approximate surface area is 128 Å². The maximum atomic E-state index is 12.4. The molecule has 118 valence electrons. The Kier molecular flexibility index (Phi) is 3.56. The van der Waals surface area contributed by atoms with E-state index in [0.29, 0.717) is 11.1 Å². The second-order valence-corrected chi connectivity index (χ2v) is 6.45. The van der Waals surface area contributed by atoms with Gasteiger partial charge in [0, 0.05) is 24.1 Å². The molecule has 6 nitrogen and oxygen atoms in total. The minimum Gasteiger partial charge on any atom is -0.396 e. The van der Waals surface area contributed by atoms with Gasteiger partial charge in [0.25, 0.3) is 5.91 Å². The molecule has 3 rings (SSSR count). The Morgan fingerprint density at radius 2 is 2.32 bits per heavy atom. The van der Waals surface area contributed by atoms with Crippen molar-refractivity contribution in [1.29, 1.82) is 0 Å². The molecule has 1 heterocycles. The van der Waals surface area contributed by atoms with Crippen LogP contribution in [0.2, 0.25) is 0 Å². The molecule has 6 heteroatoms. The van der Waals surface area contributed by atoms with Gasteiger partial charge in [0.1, 0.15) is 0 Å². The number of hydrogen-bond donors (Lipinski definition) is 3. The van der Waals surface area contributed by atoms with E-state index < -0.39 is 0 Å². The summed E-state index contributed by atoms with van der Waals surface area (Å²) in [5.74, 6) is -0.168. The topological polar surface area (TPSA) is 87.1 Å². The van der Waals surface area contributed by atoms with Crippen molar-refractivity contribution >= 4 is 16.9 Å². The number of aliphatic hydroxyl groups is 1. The molecule has 2 aromatic rings. The summed E-state index contributed by atoms with van der Waals surface area (Å²) in [5, 5.41) is 12.6. The van der Waals surface area contributed by atoms with E-state index in [1.165, 1.54) is 4.57 Å². The number of nitrogens with one attached hydrogen (secondary N) is 2. The standard InChI is InChI=1S/C16H21N3O3/c1-16(9-20)7-3-4-13(16)18-14(21)10-5-6-12-11(8-10)17-15(22)19(12)2/h5-6,8,13,20H,3-4,7,9H2,1-2H3,(H,17,22)(H,18,21). The lowest BCUT2D eigenvalue weighted by molar-refractivity contribution is 0.0830. The van der Waals surface area contributed by atoms with Crippen LogP contribution in [0.3, 0.4) is 0 Å². The third-order valence-corrected chi connectivity index (χ3v) is 4.91. The fourth-order valence-electron chi connectivity index (χ4n) is 3.29. The summed E-state index contributed by atoms with van der Waals surface area (Å²) in [6, 6.07) is 5.16. The van der Waals surface area contributed by atoms with Crippen LogP contribution >= 0.6 is 0 Å². The summed E-state index contributed by atoms with van der Waals surface area (Å²) in [4.78, 5) is 26.8. The van der Waals surface area contributed by atoms with Crippen LogP contribution in [0.15, 0.2) is 23.0 Å². The number of imidazole rings is 1. The van der Waals surface area contributed by atoms with Gasteiger partial charge in [0.2, 0.25) is 0 Å². The highest BCUT2D eigenvalue weighted by Crippen LogP contribution is 2.37. The van der Waals surface area contributed by atoms with Crippen molar-refractivity contribution in [3.05, 3.63) is 34.2 Å². The fourth-order valence-corrected chi connectivity index (χ4v) is 3.29. The Bertz CT molecular complexity index is 777. The molecule has 0 aliphatic heterocycles. The Morgan fingerprint density at radius 3 is 3.05 bits per heavy atom. The first kappa shape index (κ1) is 14.8. The predicted molar refractivity (Wildman–Crippen MR) is 83.8 cm³/mol. The number of amides is 1. The number of H-pyrrole nitrogens is 1. The molecule has 2 unspecified atom stereocenters. The Hall–Kier alpha value is -2.08. The van der Waals surface area contributed by atoms with Gasteiger partial charge in [-0.05, 0) is 31.0 Å². The quantitative estimate of drug-likeness (QED) is 0.795. The molecule has 3 N–H and O–H groups in total. The summed E-state index contributed by atoms with van der Waals surface area (Å²) in [5.41, 5.74) is 1.48. The molecule has 0 spiro atoms. The van der Waals surface area contributed by atoms with E-state index >= 15 is 0 Å². The summed E-state index contributed by atoms with van der Waals surface area (Å²) in [6.07, 6.45) is 2.81. The fraction of sp³-hybridized carbons (Fsp3) is 0.500. The zero-order valence-electron chi connectivity index (χ0n) is 12.8. The lowest BCUT2D eigenvalue weighted by atomic mass is 9.85. The molecule has 2 atom stereocenters. The van der Waals surface area contributed by atoms with Crippen LogP contribution < -0.4 is 11.0 Å². The van der Waals surface area contributed by atoms with Gasteiger partial charge in [0.15, 0.2) is 0 Å². The molecule has 1 aromatic heterocycles. The van der Waals surface area contributed by atoms with Crippen LogP contribution in [-0.4, -0.2) is 33.2 Å². The highest BCUT2D eigenvalue weighted by molar-refractivity contribution is 5.97. The van der Waals surface area contributed by atoms with Crippen molar-refractivity contribution in [2.75, 3.05) is 6.61 Å². The maximum Gasteiger partial charge on any atom is 0.326 e. The number of aromatic nitrogens is 2. The van der Waals surface area contributed by atoms with E-state index in [2.05, 4.69) is 10.3 Å². The summed E-state index contributed by atoms with van der Waals surface area (Å²) in [6.45, 7) is 2.08. The molecule has 1 aliphatic rings. The Balaban J connectivity index is 1.85. The third-order valence-electron chi connectivity index (χ3n) is 4.91. The molecular formula is C16H21N3O3. The van der Waals surface area contributed by atoms with Crippen molar-refractivity contribution in [1.82, 2.24) is 14.9 Å². The van der Waals surface area contributed by atoms with E-state index in [0.717, 1.165) is 24.8 Å². The van der Waals surface area contributed by atoms with Gasteiger partial charge >= 0.3 is 5.69 Å². The molecule has 0 bridgehead atoms. The number of rotatable bonds is 3. The lowest BCUT2D eigenvalue weighted by Gasteiger charge is -2.30. The van der Waals surface area contributed by atoms with Gasteiger partial charge < -0.3 is 15.4 Å². The van der Waals surface area contributed by atoms with Gasteiger partial charge in [-0.2, -0.15) is 0 Å². The number of aromatic amines is 1. The number of carbonyl (C=O) groups excluding carboxylic acids is 1. The molecule has 22 heavy (non-hydrogen) atoms. The number of hydrogen-bond acceptors (Lipinski definition) is 3. The van der Waals surface area contributed by atoms with Crippen molar-refractivity contribution in [3.8, 4) is 0 Å². The molecule has 1 saturated carbocycles. The van der Waals surface area contributed by atoms with Crippen LogP contribution in [0.4, 0.5) is 0 Å². The molecule has 1 amide bonds. The van der Waals surface area contributed by atoms with Crippen LogP contribution in [-0.2, 0) is 7.05 Å². The van der Waals surface area contributed by atoms with Crippen LogP contribution in [0, 0.1) is 5.41 Å². The summed E-state index contributed by atoms with van der Waals surface area (Å²) in [7, 11) is 1.69. The Morgan fingerprint density at radius 1 is 1.55 bits per heavy atom. The number of carbonyl (C=O) groups is 1. The van der Waals surface area contributed by atoms with Crippen molar-refractivity contribution in [2.45, 2.75) is 32.2 Å². The number of aliphatic hydroxyl groups excluding tert-OH is 1. The van der Waals surface area contributed by atoms with E-state index in [9.17, 15) is 14.7 Å². The molecule has 1 aliphatic carbocycles. The van der Waals surface area contributed by atoms with Crippen molar-refractivity contribution < 1.29 is 9.90 Å². The second-order valence-electron chi connectivity index (χ2n) is 6.45. The second kappa shape index (κ2) is 5.28. The first-order chi connectivity index (χ1) is 10.4. The lowest BCUT2D eigenvalue weighted by Crippen LogP contribution is -2.44. The number of benzene rings is 1. The first-order valence-electron chi connectivity index (χ1n) is 7.55. The van der Waals surface area contributed by atoms with Gasteiger partial charge in [0.05, 0.1) is 17.6 Å². The van der Waals surface area contributed by atoms with Gasteiger partial charge in [-0.1, -0.05) is 13.3 Å². The SMILES string of the molecule is Cn1c(=O)[nH]c2cc(C(=O)NC3CCCC3(C)CO)ccc21. The monoisotopic (exact) mass is 303 g/mol. The summed E-state index contributed by atoms with van der Waals surface area (Å²) < 4.78 is 1.51. The zero-order valence-corrected chi connectivity index (χ0v) is 12.8. The molecule has 1 aromatic carbocycles. The van der Waals surface area contributed by atoms with E-state index in [1.54, 1.807) is 25.2 Å². The molecular weight excluding hydrogens is 282 g/mol. The van der Waals surface area contributed by atoms with Gasteiger partial charge in [-0.15, -0.1) is 0 Å². The van der Waals surface area contributed by atoms with Crippen molar-refractivity contribution in [3.63, 3.8) is 0 Å².